The highest BCUT2D eigenvalue weighted by Gasteiger charge is 2.12. The van der Waals surface area contributed by atoms with E-state index in [4.69, 9.17) is 0 Å². The van der Waals surface area contributed by atoms with E-state index in [2.05, 4.69) is 15.3 Å². The van der Waals surface area contributed by atoms with Gasteiger partial charge in [-0.25, -0.2) is 4.98 Å². The molecule has 0 radical (unpaired) electrons. The van der Waals surface area contributed by atoms with Crippen molar-refractivity contribution in [1.29, 1.82) is 0 Å². The van der Waals surface area contributed by atoms with Gasteiger partial charge in [-0.2, -0.15) is 0 Å². The molecule has 0 aliphatic rings. The largest absolute Gasteiger partial charge is 0.351 e. The minimum absolute atomic E-state index is 0.0116. The number of para-hydroxylation sites is 1. The van der Waals surface area contributed by atoms with Gasteiger partial charge in [0.15, 0.2) is 12.4 Å². The van der Waals surface area contributed by atoms with Crippen molar-refractivity contribution in [2.75, 3.05) is 20.1 Å². The molecular formula is C15H21N4O2+. The lowest BCUT2D eigenvalue weighted by molar-refractivity contribution is -0.886. The lowest BCUT2D eigenvalue weighted by Crippen LogP contribution is -3.09. The number of nitrogens with one attached hydrogen (secondary N) is 3. The predicted octanol–water partition coefficient (Wildman–Crippen LogP) is -0.536. The molecule has 3 N–H and O–H groups in total. The summed E-state index contributed by atoms with van der Waals surface area (Å²) in [6.45, 7) is 3.56. The van der Waals surface area contributed by atoms with Gasteiger partial charge in [0.2, 0.25) is 0 Å². The minimum Gasteiger partial charge on any atom is -0.351 e. The minimum atomic E-state index is -0.140. The topological polar surface area (TPSA) is 79.3 Å². The number of H-pyrrole nitrogens is 1. The molecule has 1 heterocycles. The lowest BCUT2D eigenvalue weighted by atomic mass is 10.2. The monoisotopic (exact) mass is 289 g/mol. The summed E-state index contributed by atoms with van der Waals surface area (Å²) in [7, 11) is 1.90. The molecule has 1 aromatic heterocycles. The zero-order valence-corrected chi connectivity index (χ0v) is 12.4. The summed E-state index contributed by atoms with van der Waals surface area (Å²) < 4.78 is 0. The van der Waals surface area contributed by atoms with Gasteiger partial charge in [-0.15, -0.1) is 0 Å². The van der Waals surface area contributed by atoms with Crippen molar-refractivity contribution in [2.24, 2.45) is 0 Å². The summed E-state index contributed by atoms with van der Waals surface area (Å²) in [6, 6.07) is 7.23. The molecule has 1 amide bonds. The summed E-state index contributed by atoms with van der Waals surface area (Å²) >= 11 is 0. The third kappa shape index (κ3) is 4.13. The third-order valence-electron chi connectivity index (χ3n) is 3.17. The number of hydrogen-bond donors (Lipinski definition) is 3. The van der Waals surface area contributed by atoms with Crippen LogP contribution in [0.1, 0.15) is 19.2 Å². The molecule has 0 aliphatic carbocycles. The van der Waals surface area contributed by atoms with Gasteiger partial charge < -0.3 is 15.2 Å². The van der Waals surface area contributed by atoms with Crippen LogP contribution in [0.5, 0.6) is 0 Å². The van der Waals surface area contributed by atoms with Crippen molar-refractivity contribution in [3.05, 3.63) is 40.4 Å². The first kappa shape index (κ1) is 15.2. The van der Waals surface area contributed by atoms with E-state index in [1.807, 2.05) is 32.2 Å². The van der Waals surface area contributed by atoms with Gasteiger partial charge in [0, 0.05) is 6.54 Å². The Kier molecular flexibility index (Phi) is 5.05. The number of carbonyl (C=O) groups is 1. The quantitative estimate of drug-likeness (QED) is 0.668. The van der Waals surface area contributed by atoms with Crippen LogP contribution < -0.4 is 15.8 Å². The normalized spacial score (nSPS) is 12.3. The second kappa shape index (κ2) is 6.99. The van der Waals surface area contributed by atoms with Crippen molar-refractivity contribution < 1.29 is 9.69 Å². The maximum absolute atomic E-state index is 12.0. The van der Waals surface area contributed by atoms with Gasteiger partial charge >= 0.3 is 0 Å². The molecule has 112 valence electrons. The number of aromatic amines is 1. The van der Waals surface area contributed by atoms with Gasteiger partial charge in [0.05, 0.1) is 18.0 Å². The van der Waals surface area contributed by atoms with Gasteiger partial charge in [0.25, 0.3) is 11.5 Å². The summed E-state index contributed by atoms with van der Waals surface area (Å²) in [5.74, 6) is 0.608. The van der Waals surface area contributed by atoms with Crippen LogP contribution in [0.25, 0.3) is 10.9 Å². The average molecular weight is 289 g/mol. The molecule has 0 aliphatic heterocycles. The van der Waals surface area contributed by atoms with Gasteiger partial charge in [0.1, 0.15) is 6.54 Å². The fraction of sp³-hybridized carbons (Fsp3) is 0.400. The number of quaternary nitrogens is 1. The van der Waals surface area contributed by atoms with Crippen molar-refractivity contribution >= 4 is 16.8 Å². The van der Waals surface area contributed by atoms with Crippen molar-refractivity contribution in [2.45, 2.75) is 19.9 Å². The highest BCUT2D eigenvalue weighted by molar-refractivity contribution is 5.77. The Balaban J connectivity index is 2.06. The molecule has 1 atom stereocenters. The molecule has 0 spiro atoms. The summed E-state index contributed by atoms with van der Waals surface area (Å²) in [5.41, 5.74) is 0.540. The molecule has 0 fully saturated rings. The van der Waals surface area contributed by atoms with Crippen LogP contribution >= 0.6 is 0 Å². The highest BCUT2D eigenvalue weighted by Crippen LogP contribution is 2.04. The number of carbonyl (C=O) groups excluding carboxylic acids is 1. The smallest absolute Gasteiger partial charge is 0.275 e. The zero-order chi connectivity index (χ0) is 15.2. The van der Waals surface area contributed by atoms with E-state index in [0.29, 0.717) is 36.4 Å². The Morgan fingerprint density at radius 1 is 1.38 bits per heavy atom. The molecule has 0 saturated heterocycles. The molecule has 0 saturated carbocycles. The second-order valence-corrected chi connectivity index (χ2v) is 5.19. The fourth-order valence-electron chi connectivity index (χ4n) is 2.17. The number of nitrogens with zero attached hydrogens (tertiary/aromatic N) is 1. The number of benzene rings is 1. The van der Waals surface area contributed by atoms with Crippen LogP contribution in [-0.2, 0) is 11.3 Å². The van der Waals surface area contributed by atoms with Gasteiger partial charge in [-0.1, -0.05) is 19.1 Å². The summed E-state index contributed by atoms with van der Waals surface area (Å²) in [4.78, 5) is 31.8. The Labute approximate surface area is 123 Å². The number of aromatic nitrogens is 2. The average Bonchev–Trinajstić information content (AvgIpc) is 2.45. The van der Waals surface area contributed by atoms with Crippen molar-refractivity contribution in [1.82, 2.24) is 15.3 Å². The van der Waals surface area contributed by atoms with E-state index in [0.717, 1.165) is 11.3 Å². The third-order valence-corrected chi connectivity index (χ3v) is 3.17. The van der Waals surface area contributed by atoms with E-state index in [1.165, 1.54) is 0 Å². The fourth-order valence-corrected chi connectivity index (χ4v) is 2.17. The standard InChI is InChI=1S/C15H20N4O2/c1-3-8-16-14(20)10-19(2)9-13-17-12-7-5-4-6-11(12)15(21)18-13/h4-7H,3,8-10H2,1-2H3,(H,16,20)(H,17,18,21)/p+1. The number of amides is 1. The summed E-state index contributed by atoms with van der Waals surface area (Å²) in [6.07, 6.45) is 0.921. The number of hydrogen-bond acceptors (Lipinski definition) is 3. The molecule has 1 aromatic carbocycles. The number of fused-ring (bicyclic) bond motifs is 1. The molecule has 0 bridgehead atoms. The predicted molar refractivity (Wildman–Crippen MR) is 81.1 cm³/mol. The first-order valence-electron chi connectivity index (χ1n) is 7.16. The molecule has 21 heavy (non-hydrogen) atoms. The number of likely N-dealkylation sites (N-methyl/N-ethyl adjacent to an activating group) is 1. The van der Waals surface area contributed by atoms with Crippen molar-refractivity contribution in [3.63, 3.8) is 0 Å². The molecule has 6 nitrogen and oxygen atoms in total. The SMILES string of the molecule is CCCNC(=O)C[NH+](C)Cc1nc2ccccc2c(=O)[nH]1. The van der Waals surface area contributed by atoms with Crippen molar-refractivity contribution in [3.8, 4) is 0 Å². The Hall–Kier alpha value is -2.21. The van der Waals surface area contributed by atoms with Crippen LogP contribution in [-0.4, -0.2) is 36.0 Å². The molecule has 6 heteroatoms. The van der Waals surface area contributed by atoms with E-state index in [-0.39, 0.29) is 11.5 Å². The summed E-state index contributed by atoms with van der Waals surface area (Å²) in [5, 5.41) is 3.42. The van der Waals surface area contributed by atoms with Crippen LogP contribution in [0.2, 0.25) is 0 Å². The molecule has 2 aromatic rings. The first-order chi connectivity index (χ1) is 10.1. The van der Waals surface area contributed by atoms with E-state index < -0.39 is 0 Å². The van der Waals surface area contributed by atoms with E-state index in [1.54, 1.807) is 6.07 Å². The Morgan fingerprint density at radius 3 is 2.90 bits per heavy atom. The van der Waals surface area contributed by atoms with Crippen LogP contribution in [0.3, 0.4) is 0 Å². The lowest BCUT2D eigenvalue weighted by Gasteiger charge is -2.13. The molecular weight excluding hydrogens is 268 g/mol. The Morgan fingerprint density at radius 2 is 2.14 bits per heavy atom. The van der Waals surface area contributed by atoms with Gasteiger partial charge in [-0.05, 0) is 18.6 Å². The molecule has 2 rings (SSSR count). The second-order valence-electron chi connectivity index (χ2n) is 5.19. The maximum Gasteiger partial charge on any atom is 0.275 e. The maximum atomic E-state index is 12.0. The molecule has 1 unspecified atom stereocenters. The highest BCUT2D eigenvalue weighted by atomic mass is 16.2. The van der Waals surface area contributed by atoms with Gasteiger partial charge in [-0.3, -0.25) is 9.59 Å². The zero-order valence-electron chi connectivity index (χ0n) is 12.4. The number of rotatable bonds is 6. The first-order valence-corrected chi connectivity index (χ1v) is 7.16. The van der Waals surface area contributed by atoms with E-state index >= 15 is 0 Å². The van der Waals surface area contributed by atoms with E-state index in [9.17, 15) is 9.59 Å². The van der Waals surface area contributed by atoms with Crippen LogP contribution in [0.15, 0.2) is 29.1 Å². The van der Waals surface area contributed by atoms with Crippen LogP contribution in [0.4, 0.5) is 0 Å². The van der Waals surface area contributed by atoms with Crippen LogP contribution in [0, 0.1) is 0 Å². The Bertz CT molecular complexity index is 681.